The fourth-order valence-electron chi connectivity index (χ4n) is 6.45. The molecule has 2 fully saturated rings. The molecule has 1 atom stereocenters. The van der Waals surface area contributed by atoms with Gasteiger partial charge in [-0.1, -0.05) is 59.6 Å². The molecule has 258 valence electrons. The highest BCUT2D eigenvalue weighted by molar-refractivity contribution is 6.39. The van der Waals surface area contributed by atoms with E-state index in [9.17, 15) is 15.0 Å². The molecule has 5 N–H and O–H groups in total. The van der Waals surface area contributed by atoms with E-state index in [4.69, 9.17) is 32.9 Å². The second-order valence-corrected chi connectivity index (χ2v) is 13.4. The van der Waals surface area contributed by atoms with Gasteiger partial charge in [0, 0.05) is 78.1 Å². The van der Waals surface area contributed by atoms with Gasteiger partial charge >= 0.3 is 0 Å². The summed E-state index contributed by atoms with van der Waals surface area (Å²) in [5.74, 6) is 0.0808. The average Bonchev–Trinajstić information content (AvgIpc) is 3.73. The van der Waals surface area contributed by atoms with Crippen LogP contribution in [0.3, 0.4) is 0 Å². The van der Waals surface area contributed by atoms with Crippen LogP contribution in [-0.4, -0.2) is 77.0 Å². The molecule has 0 unspecified atom stereocenters. The molecule has 4 aromatic rings. The summed E-state index contributed by atoms with van der Waals surface area (Å²) in [5.41, 5.74) is 3.83. The molecule has 0 spiro atoms. The first-order valence-corrected chi connectivity index (χ1v) is 17.0. The Balaban J connectivity index is 1.20. The van der Waals surface area contributed by atoms with Crippen molar-refractivity contribution >= 4 is 40.6 Å². The standard InChI is InChI=1S/C36H39Cl2FN6O4/c1-49-35-22(16-40-17-24-9-11-30(48)42-24)8-10-28(44-35)27-6-2-4-25(31(27)37)26-5-3-7-29(32(26)38)43-34-33(39)23(12-14-41-34)18-45-15-13-36(19-45,20-46)21-47/h2-8,10,12,14,24,40,46-47H,9,11,13,15-21H2,1H3,(H,41,43)(H,42,48)/t24-/m0/s1. The van der Waals surface area contributed by atoms with Crippen molar-refractivity contribution in [1.82, 2.24) is 25.5 Å². The zero-order chi connectivity index (χ0) is 34.5. The Bertz CT molecular complexity index is 1820. The minimum absolute atomic E-state index is 0.0324. The minimum Gasteiger partial charge on any atom is -0.481 e. The number of hydrogen-bond acceptors (Lipinski definition) is 9. The van der Waals surface area contributed by atoms with Gasteiger partial charge < -0.3 is 30.9 Å². The summed E-state index contributed by atoms with van der Waals surface area (Å²) < 4.78 is 21.3. The SMILES string of the molecule is COc1nc(-c2cccc(-c3cccc(Nc4nccc(CN5CCC(CO)(CO)C5)c4F)c3Cl)c2Cl)ccc1CNC[C@@H]1CCC(=O)N1. The first-order chi connectivity index (χ1) is 23.7. The molecular weight excluding hydrogens is 670 g/mol. The quantitative estimate of drug-likeness (QED) is 0.121. The third kappa shape index (κ3) is 7.67. The van der Waals surface area contributed by atoms with E-state index in [1.807, 2.05) is 47.4 Å². The van der Waals surface area contributed by atoms with Gasteiger partial charge in [0.15, 0.2) is 11.6 Å². The molecule has 6 rings (SSSR count). The number of nitrogens with one attached hydrogen (secondary N) is 3. The molecule has 2 aliphatic rings. The third-order valence-corrected chi connectivity index (χ3v) is 10.1. The van der Waals surface area contributed by atoms with E-state index in [1.165, 1.54) is 6.20 Å². The number of nitrogens with zero attached hydrogens (tertiary/aromatic N) is 3. The highest BCUT2D eigenvalue weighted by atomic mass is 35.5. The fraction of sp³-hybridized carbons (Fsp3) is 0.361. The van der Waals surface area contributed by atoms with Crippen LogP contribution in [0.15, 0.2) is 60.8 Å². The first kappa shape index (κ1) is 35.0. The summed E-state index contributed by atoms with van der Waals surface area (Å²) in [7, 11) is 1.57. The Morgan fingerprint density at radius 1 is 1.04 bits per heavy atom. The van der Waals surface area contributed by atoms with E-state index in [2.05, 4.69) is 20.9 Å². The molecule has 10 nitrogen and oxygen atoms in total. The first-order valence-electron chi connectivity index (χ1n) is 16.2. The summed E-state index contributed by atoms with van der Waals surface area (Å²) in [5, 5.41) is 29.7. The van der Waals surface area contributed by atoms with E-state index in [0.29, 0.717) is 95.1 Å². The van der Waals surface area contributed by atoms with Crippen LogP contribution in [0.25, 0.3) is 22.4 Å². The van der Waals surface area contributed by atoms with Crippen molar-refractivity contribution in [3.05, 3.63) is 87.8 Å². The lowest BCUT2D eigenvalue weighted by atomic mass is 9.89. The van der Waals surface area contributed by atoms with Crippen LogP contribution in [0.1, 0.15) is 30.4 Å². The molecule has 49 heavy (non-hydrogen) atoms. The predicted octanol–water partition coefficient (Wildman–Crippen LogP) is 5.55. The molecule has 2 saturated heterocycles. The van der Waals surface area contributed by atoms with Crippen LogP contribution >= 0.6 is 23.2 Å². The monoisotopic (exact) mass is 708 g/mol. The van der Waals surface area contributed by atoms with Crippen molar-refractivity contribution in [3.63, 3.8) is 0 Å². The largest absolute Gasteiger partial charge is 0.481 e. The number of carbonyl (C=O) groups is 1. The molecule has 2 aromatic heterocycles. The van der Waals surface area contributed by atoms with Gasteiger partial charge in [-0.25, -0.2) is 14.4 Å². The summed E-state index contributed by atoms with van der Waals surface area (Å²) in [6, 6.07) is 16.6. The number of carbonyl (C=O) groups excluding carboxylic acids is 1. The smallest absolute Gasteiger partial charge is 0.220 e. The number of anilines is 2. The van der Waals surface area contributed by atoms with Gasteiger partial charge in [-0.05, 0) is 37.6 Å². The van der Waals surface area contributed by atoms with Gasteiger partial charge in [-0.3, -0.25) is 9.69 Å². The molecule has 0 saturated carbocycles. The number of aliphatic hydroxyl groups is 2. The molecule has 13 heteroatoms. The number of rotatable bonds is 13. The maximum absolute atomic E-state index is 15.7. The molecule has 4 heterocycles. The Morgan fingerprint density at radius 3 is 2.51 bits per heavy atom. The van der Waals surface area contributed by atoms with Crippen molar-refractivity contribution < 1.29 is 24.1 Å². The molecular formula is C36H39Cl2FN6O4. The normalized spacial score (nSPS) is 17.3. The summed E-state index contributed by atoms with van der Waals surface area (Å²) in [4.78, 5) is 22.5. The summed E-state index contributed by atoms with van der Waals surface area (Å²) >= 11 is 14.0. The zero-order valence-corrected chi connectivity index (χ0v) is 28.6. The number of hydrogen-bond donors (Lipinski definition) is 5. The zero-order valence-electron chi connectivity index (χ0n) is 27.1. The number of methoxy groups -OCH3 is 1. The van der Waals surface area contributed by atoms with Crippen LogP contribution in [0.5, 0.6) is 5.88 Å². The number of ether oxygens (including phenoxy) is 1. The molecule has 0 bridgehead atoms. The summed E-state index contributed by atoms with van der Waals surface area (Å²) in [6.07, 6.45) is 3.55. The lowest BCUT2D eigenvalue weighted by Crippen LogP contribution is -2.35. The maximum atomic E-state index is 15.7. The Kier molecular flexibility index (Phi) is 11.0. The lowest BCUT2D eigenvalue weighted by molar-refractivity contribution is -0.119. The minimum atomic E-state index is -0.573. The number of aromatic nitrogens is 2. The van der Waals surface area contributed by atoms with Gasteiger partial charge in [-0.15, -0.1) is 0 Å². The van der Waals surface area contributed by atoms with Crippen molar-refractivity contribution in [2.75, 3.05) is 45.3 Å². The number of aliphatic hydroxyl groups excluding tert-OH is 2. The van der Waals surface area contributed by atoms with Crippen molar-refractivity contribution in [2.45, 2.75) is 38.4 Å². The number of benzene rings is 2. The second-order valence-electron chi connectivity index (χ2n) is 12.7. The Labute approximate surface area is 294 Å². The van der Waals surface area contributed by atoms with Gasteiger partial charge in [0.25, 0.3) is 0 Å². The summed E-state index contributed by atoms with van der Waals surface area (Å²) in [6.45, 7) is 2.38. The number of halogens is 3. The van der Waals surface area contributed by atoms with Gasteiger partial charge in [0.1, 0.15) is 0 Å². The van der Waals surface area contributed by atoms with Crippen LogP contribution < -0.4 is 20.7 Å². The average molecular weight is 710 g/mol. The molecule has 0 aliphatic carbocycles. The Morgan fingerprint density at radius 2 is 1.80 bits per heavy atom. The van der Waals surface area contributed by atoms with E-state index < -0.39 is 11.2 Å². The number of pyridine rings is 2. The van der Waals surface area contributed by atoms with Crippen molar-refractivity contribution in [1.29, 1.82) is 0 Å². The Hall–Kier alpha value is -3.84. The molecule has 0 radical (unpaired) electrons. The molecule has 1 amide bonds. The van der Waals surface area contributed by atoms with Crippen LogP contribution in [0.2, 0.25) is 10.0 Å². The van der Waals surface area contributed by atoms with Crippen molar-refractivity contribution in [3.8, 4) is 28.3 Å². The predicted molar refractivity (Wildman–Crippen MR) is 189 cm³/mol. The lowest BCUT2D eigenvalue weighted by Gasteiger charge is -2.24. The van der Waals surface area contributed by atoms with E-state index >= 15 is 4.39 Å². The highest BCUT2D eigenvalue weighted by Crippen LogP contribution is 2.42. The van der Waals surface area contributed by atoms with Crippen LogP contribution in [0, 0.1) is 11.2 Å². The van der Waals surface area contributed by atoms with E-state index in [0.717, 1.165) is 12.0 Å². The van der Waals surface area contributed by atoms with Gasteiger partial charge in [-0.2, -0.15) is 0 Å². The number of amides is 1. The second kappa shape index (κ2) is 15.4. The van der Waals surface area contributed by atoms with E-state index in [1.54, 1.807) is 19.2 Å². The highest BCUT2D eigenvalue weighted by Gasteiger charge is 2.37. The maximum Gasteiger partial charge on any atom is 0.220 e. The fourth-order valence-corrected chi connectivity index (χ4v) is 7.05. The van der Waals surface area contributed by atoms with Gasteiger partial charge in [0.2, 0.25) is 11.8 Å². The third-order valence-electron chi connectivity index (χ3n) is 9.29. The van der Waals surface area contributed by atoms with E-state index in [-0.39, 0.29) is 31.0 Å². The topological polar surface area (TPSA) is 132 Å². The van der Waals surface area contributed by atoms with Crippen molar-refractivity contribution in [2.24, 2.45) is 5.41 Å². The molecule has 2 aromatic carbocycles. The van der Waals surface area contributed by atoms with Gasteiger partial charge in [0.05, 0.1) is 41.8 Å². The van der Waals surface area contributed by atoms with Crippen LogP contribution in [-0.2, 0) is 17.9 Å². The molecule has 2 aliphatic heterocycles. The van der Waals surface area contributed by atoms with Crippen LogP contribution in [0.4, 0.5) is 15.9 Å². The number of likely N-dealkylation sites (tertiary alicyclic amines) is 1.